The van der Waals surface area contributed by atoms with Crippen LogP contribution in [-0.4, -0.2) is 37.1 Å². The van der Waals surface area contributed by atoms with Crippen LogP contribution >= 0.6 is 0 Å². The first-order valence-corrected chi connectivity index (χ1v) is 5.83. The third-order valence-corrected chi connectivity index (χ3v) is 2.87. The minimum atomic E-state index is 0.814. The molecular formula is C11H24N2. The predicted molar refractivity (Wildman–Crippen MR) is 58.0 cm³/mol. The van der Waals surface area contributed by atoms with Gasteiger partial charge in [0.25, 0.3) is 0 Å². The van der Waals surface area contributed by atoms with Crippen LogP contribution in [0.4, 0.5) is 0 Å². The maximum absolute atomic E-state index is 3.49. The lowest BCUT2D eigenvalue weighted by Crippen LogP contribution is -2.51. The first-order chi connectivity index (χ1) is 6.38. The van der Waals surface area contributed by atoms with E-state index in [-0.39, 0.29) is 0 Å². The van der Waals surface area contributed by atoms with Crippen LogP contribution in [-0.2, 0) is 0 Å². The van der Waals surface area contributed by atoms with Crippen LogP contribution in [0.15, 0.2) is 0 Å². The molecule has 1 aliphatic heterocycles. The molecule has 0 radical (unpaired) electrons. The fourth-order valence-electron chi connectivity index (χ4n) is 2.11. The van der Waals surface area contributed by atoms with E-state index in [1.807, 2.05) is 0 Å². The molecule has 1 fully saturated rings. The lowest BCUT2D eigenvalue weighted by molar-refractivity contribution is 0.151. The SMILES string of the molecule is CCCCC1CNCCN1CCC. The summed E-state index contributed by atoms with van der Waals surface area (Å²) in [5.41, 5.74) is 0. The third-order valence-electron chi connectivity index (χ3n) is 2.87. The predicted octanol–water partition coefficient (Wildman–Crippen LogP) is 1.86. The highest BCUT2D eigenvalue weighted by Crippen LogP contribution is 2.11. The van der Waals surface area contributed by atoms with Crippen LogP contribution < -0.4 is 5.32 Å². The molecule has 78 valence electrons. The van der Waals surface area contributed by atoms with E-state index >= 15 is 0 Å². The first kappa shape index (κ1) is 11.0. The summed E-state index contributed by atoms with van der Waals surface area (Å²) in [5, 5.41) is 3.49. The van der Waals surface area contributed by atoms with Crippen molar-refractivity contribution in [3.05, 3.63) is 0 Å². The summed E-state index contributed by atoms with van der Waals surface area (Å²) in [7, 11) is 0. The standard InChI is InChI=1S/C11H24N2/c1-3-5-6-11-10-12-7-9-13(11)8-4-2/h11-12H,3-10H2,1-2H3. The molecule has 13 heavy (non-hydrogen) atoms. The van der Waals surface area contributed by atoms with Crippen molar-refractivity contribution < 1.29 is 0 Å². The summed E-state index contributed by atoms with van der Waals surface area (Å²) in [5.74, 6) is 0. The Labute approximate surface area is 82.7 Å². The molecule has 1 saturated heterocycles. The molecule has 0 aromatic rings. The van der Waals surface area contributed by atoms with Gasteiger partial charge in [-0.05, 0) is 19.4 Å². The van der Waals surface area contributed by atoms with Gasteiger partial charge in [-0.3, -0.25) is 4.90 Å². The molecule has 0 bridgehead atoms. The fraction of sp³-hybridized carbons (Fsp3) is 1.00. The average molecular weight is 184 g/mol. The van der Waals surface area contributed by atoms with E-state index in [0.717, 1.165) is 6.04 Å². The van der Waals surface area contributed by atoms with E-state index in [0.29, 0.717) is 0 Å². The van der Waals surface area contributed by atoms with Crippen molar-refractivity contribution in [1.29, 1.82) is 0 Å². The molecule has 0 saturated carbocycles. The number of hydrogen-bond donors (Lipinski definition) is 1. The van der Waals surface area contributed by atoms with Crippen molar-refractivity contribution in [3.8, 4) is 0 Å². The van der Waals surface area contributed by atoms with Crippen molar-refractivity contribution in [1.82, 2.24) is 10.2 Å². The Morgan fingerprint density at radius 3 is 2.85 bits per heavy atom. The van der Waals surface area contributed by atoms with Gasteiger partial charge in [-0.15, -0.1) is 0 Å². The highest BCUT2D eigenvalue weighted by molar-refractivity contribution is 4.79. The summed E-state index contributed by atoms with van der Waals surface area (Å²) in [6.07, 6.45) is 5.38. The zero-order valence-corrected chi connectivity index (χ0v) is 9.18. The Morgan fingerprint density at radius 2 is 2.15 bits per heavy atom. The van der Waals surface area contributed by atoms with Gasteiger partial charge in [-0.1, -0.05) is 26.7 Å². The Morgan fingerprint density at radius 1 is 1.31 bits per heavy atom. The van der Waals surface area contributed by atoms with Crippen molar-refractivity contribution >= 4 is 0 Å². The minimum Gasteiger partial charge on any atom is -0.314 e. The van der Waals surface area contributed by atoms with Crippen molar-refractivity contribution in [2.75, 3.05) is 26.2 Å². The second kappa shape index (κ2) is 6.39. The lowest BCUT2D eigenvalue weighted by atomic mass is 10.1. The van der Waals surface area contributed by atoms with Crippen LogP contribution in [0.25, 0.3) is 0 Å². The van der Waals surface area contributed by atoms with Crippen molar-refractivity contribution in [2.24, 2.45) is 0 Å². The van der Waals surface area contributed by atoms with Crippen molar-refractivity contribution in [3.63, 3.8) is 0 Å². The molecule has 1 aliphatic rings. The molecule has 1 atom stereocenters. The zero-order chi connectivity index (χ0) is 9.52. The minimum absolute atomic E-state index is 0.814. The summed E-state index contributed by atoms with van der Waals surface area (Å²) < 4.78 is 0. The smallest absolute Gasteiger partial charge is 0.0221 e. The maximum atomic E-state index is 3.49. The average Bonchev–Trinajstić information content (AvgIpc) is 2.17. The summed E-state index contributed by atoms with van der Waals surface area (Å²) >= 11 is 0. The van der Waals surface area contributed by atoms with Crippen LogP contribution in [0, 0.1) is 0 Å². The highest BCUT2D eigenvalue weighted by Gasteiger charge is 2.19. The molecule has 1 unspecified atom stereocenters. The summed E-state index contributed by atoms with van der Waals surface area (Å²) in [4.78, 5) is 2.66. The molecule has 0 amide bonds. The van der Waals surface area contributed by atoms with Gasteiger partial charge in [-0.2, -0.15) is 0 Å². The molecule has 1 N–H and O–H groups in total. The van der Waals surface area contributed by atoms with E-state index in [1.165, 1.54) is 51.9 Å². The number of unbranched alkanes of at least 4 members (excludes halogenated alkanes) is 1. The zero-order valence-electron chi connectivity index (χ0n) is 9.18. The van der Waals surface area contributed by atoms with Crippen LogP contribution in [0.2, 0.25) is 0 Å². The van der Waals surface area contributed by atoms with Gasteiger partial charge in [0.2, 0.25) is 0 Å². The normalized spacial score (nSPS) is 24.9. The lowest BCUT2D eigenvalue weighted by Gasteiger charge is -2.36. The summed E-state index contributed by atoms with van der Waals surface area (Å²) in [6.45, 7) is 9.49. The molecule has 0 aliphatic carbocycles. The molecule has 1 heterocycles. The van der Waals surface area contributed by atoms with Crippen LogP contribution in [0.1, 0.15) is 39.5 Å². The largest absolute Gasteiger partial charge is 0.314 e. The molecule has 0 spiro atoms. The number of nitrogens with one attached hydrogen (secondary N) is 1. The number of hydrogen-bond acceptors (Lipinski definition) is 2. The topological polar surface area (TPSA) is 15.3 Å². The first-order valence-electron chi connectivity index (χ1n) is 5.83. The maximum Gasteiger partial charge on any atom is 0.0221 e. The molecule has 2 nitrogen and oxygen atoms in total. The number of piperazine rings is 1. The molecule has 1 rings (SSSR count). The number of nitrogens with zero attached hydrogens (tertiary/aromatic N) is 1. The molecule has 0 aromatic carbocycles. The molecule has 0 aromatic heterocycles. The Bertz CT molecular complexity index is 123. The van der Waals surface area contributed by atoms with E-state index in [1.54, 1.807) is 0 Å². The van der Waals surface area contributed by atoms with Gasteiger partial charge in [0.15, 0.2) is 0 Å². The number of rotatable bonds is 5. The Kier molecular flexibility index (Phi) is 5.40. The van der Waals surface area contributed by atoms with Gasteiger partial charge < -0.3 is 5.32 Å². The van der Waals surface area contributed by atoms with Gasteiger partial charge >= 0.3 is 0 Å². The van der Waals surface area contributed by atoms with Gasteiger partial charge in [0.05, 0.1) is 0 Å². The van der Waals surface area contributed by atoms with Crippen molar-refractivity contribution in [2.45, 2.75) is 45.6 Å². The fourth-order valence-corrected chi connectivity index (χ4v) is 2.11. The second-order valence-electron chi connectivity index (χ2n) is 4.04. The quantitative estimate of drug-likeness (QED) is 0.701. The molecule has 2 heteroatoms. The Hall–Kier alpha value is -0.0800. The van der Waals surface area contributed by atoms with Gasteiger partial charge in [0, 0.05) is 25.7 Å². The van der Waals surface area contributed by atoms with E-state index in [2.05, 4.69) is 24.1 Å². The summed E-state index contributed by atoms with van der Waals surface area (Å²) in [6, 6.07) is 0.814. The van der Waals surface area contributed by atoms with Crippen LogP contribution in [0.3, 0.4) is 0 Å². The van der Waals surface area contributed by atoms with E-state index in [9.17, 15) is 0 Å². The monoisotopic (exact) mass is 184 g/mol. The second-order valence-corrected chi connectivity index (χ2v) is 4.04. The van der Waals surface area contributed by atoms with E-state index in [4.69, 9.17) is 0 Å². The van der Waals surface area contributed by atoms with Gasteiger partial charge in [0.1, 0.15) is 0 Å². The molecular weight excluding hydrogens is 160 g/mol. The van der Waals surface area contributed by atoms with Gasteiger partial charge in [-0.25, -0.2) is 0 Å². The third kappa shape index (κ3) is 3.65. The highest BCUT2D eigenvalue weighted by atomic mass is 15.2. The van der Waals surface area contributed by atoms with E-state index < -0.39 is 0 Å². The van der Waals surface area contributed by atoms with Crippen LogP contribution in [0.5, 0.6) is 0 Å². The Balaban J connectivity index is 2.28.